The lowest BCUT2D eigenvalue weighted by Gasteiger charge is -2.27. The van der Waals surface area contributed by atoms with Crippen LogP contribution in [-0.2, 0) is 18.3 Å². The molecule has 0 amide bonds. The molecule has 0 aromatic carbocycles. The van der Waals surface area contributed by atoms with Gasteiger partial charge >= 0.3 is 0 Å². The molecule has 0 spiro atoms. The van der Waals surface area contributed by atoms with Gasteiger partial charge in [-0.25, -0.2) is 0 Å². The zero-order valence-corrected chi connectivity index (χ0v) is 14.7. The summed E-state index contributed by atoms with van der Waals surface area (Å²) in [7, 11) is 3.78. The first-order valence-electron chi connectivity index (χ1n) is 7.86. The second-order valence-electron chi connectivity index (χ2n) is 6.38. The van der Waals surface area contributed by atoms with Gasteiger partial charge in [-0.2, -0.15) is 5.10 Å². The van der Waals surface area contributed by atoms with Crippen molar-refractivity contribution >= 4 is 5.82 Å². The molecule has 0 atom stereocenters. The molecule has 1 aromatic rings. The van der Waals surface area contributed by atoms with Crippen LogP contribution in [-0.4, -0.2) is 42.6 Å². The fraction of sp³-hybridized carbons (Fsp3) is 0.812. The van der Waals surface area contributed by atoms with E-state index in [-0.39, 0.29) is 0 Å². The maximum absolute atomic E-state index is 5.27. The van der Waals surface area contributed by atoms with Gasteiger partial charge in [0.25, 0.3) is 0 Å². The van der Waals surface area contributed by atoms with Crippen molar-refractivity contribution < 1.29 is 4.74 Å². The molecule has 122 valence electrons. The average molecular weight is 296 g/mol. The van der Waals surface area contributed by atoms with Crippen LogP contribution in [0.1, 0.15) is 39.0 Å². The van der Waals surface area contributed by atoms with Gasteiger partial charge in [0, 0.05) is 45.4 Å². The third-order valence-electron chi connectivity index (χ3n) is 3.45. The molecule has 21 heavy (non-hydrogen) atoms. The van der Waals surface area contributed by atoms with Gasteiger partial charge in [-0.1, -0.05) is 27.7 Å². The summed E-state index contributed by atoms with van der Waals surface area (Å²) in [5.74, 6) is 1.81. The SMILES string of the molecule is COCCN(CC(C)C)c1c(CNC(C)C)c(C)nn1C. The summed E-state index contributed by atoms with van der Waals surface area (Å²) in [6.07, 6.45) is 0. The molecular formula is C16H32N4O. The smallest absolute Gasteiger partial charge is 0.131 e. The summed E-state index contributed by atoms with van der Waals surface area (Å²) in [5.41, 5.74) is 2.40. The van der Waals surface area contributed by atoms with Crippen LogP contribution >= 0.6 is 0 Å². The molecule has 0 saturated heterocycles. The van der Waals surface area contributed by atoms with E-state index >= 15 is 0 Å². The second kappa shape index (κ2) is 8.39. The first kappa shape index (κ1) is 18.0. The lowest BCUT2D eigenvalue weighted by molar-refractivity contribution is 0.204. The van der Waals surface area contributed by atoms with Crippen molar-refractivity contribution in [3.8, 4) is 0 Å². The Labute approximate surface area is 129 Å². The minimum atomic E-state index is 0.468. The first-order valence-corrected chi connectivity index (χ1v) is 7.86. The van der Waals surface area contributed by atoms with E-state index in [2.05, 4.69) is 49.9 Å². The van der Waals surface area contributed by atoms with Gasteiger partial charge in [0.2, 0.25) is 0 Å². The highest BCUT2D eigenvalue weighted by molar-refractivity contribution is 5.50. The van der Waals surface area contributed by atoms with Gasteiger partial charge in [0.15, 0.2) is 0 Å². The number of hydrogen-bond donors (Lipinski definition) is 1. The van der Waals surface area contributed by atoms with Crippen LogP contribution in [0, 0.1) is 12.8 Å². The maximum Gasteiger partial charge on any atom is 0.131 e. The monoisotopic (exact) mass is 296 g/mol. The predicted octanol–water partition coefficient (Wildman–Crippen LogP) is 2.34. The van der Waals surface area contributed by atoms with E-state index < -0.39 is 0 Å². The average Bonchev–Trinajstić information content (AvgIpc) is 2.66. The minimum Gasteiger partial charge on any atom is -0.383 e. The molecule has 0 unspecified atom stereocenters. The Hall–Kier alpha value is -1.07. The molecule has 0 radical (unpaired) electrons. The third kappa shape index (κ3) is 5.32. The third-order valence-corrected chi connectivity index (χ3v) is 3.45. The Balaban J connectivity index is 3.03. The van der Waals surface area contributed by atoms with Gasteiger partial charge in [0.05, 0.1) is 12.3 Å². The number of aryl methyl sites for hydroxylation is 2. The number of nitrogens with one attached hydrogen (secondary N) is 1. The van der Waals surface area contributed by atoms with E-state index in [1.165, 1.54) is 11.4 Å². The molecule has 0 fully saturated rings. The number of methoxy groups -OCH3 is 1. The van der Waals surface area contributed by atoms with Crippen molar-refractivity contribution in [2.24, 2.45) is 13.0 Å². The number of anilines is 1. The van der Waals surface area contributed by atoms with Crippen molar-refractivity contribution in [1.82, 2.24) is 15.1 Å². The zero-order valence-electron chi connectivity index (χ0n) is 14.7. The summed E-state index contributed by atoms with van der Waals surface area (Å²) < 4.78 is 7.28. The number of nitrogens with zero attached hydrogens (tertiary/aromatic N) is 3. The van der Waals surface area contributed by atoms with Crippen molar-refractivity contribution in [2.45, 2.75) is 47.2 Å². The normalized spacial score (nSPS) is 11.7. The molecule has 0 aliphatic rings. The van der Waals surface area contributed by atoms with Crippen LogP contribution in [0.3, 0.4) is 0 Å². The Bertz CT molecular complexity index is 426. The Morgan fingerprint density at radius 3 is 2.48 bits per heavy atom. The molecule has 0 saturated carbocycles. The molecule has 1 rings (SSSR count). The van der Waals surface area contributed by atoms with Crippen LogP contribution in [0.4, 0.5) is 5.82 Å². The van der Waals surface area contributed by atoms with Crippen molar-refractivity contribution in [2.75, 3.05) is 31.7 Å². The molecule has 0 aliphatic heterocycles. The van der Waals surface area contributed by atoms with Crippen molar-refractivity contribution in [3.63, 3.8) is 0 Å². The van der Waals surface area contributed by atoms with Crippen LogP contribution in [0.25, 0.3) is 0 Å². The molecule has 5 nitrogen and oxygen atoms in total. The number of aromatic nitrogens is 2. The quantitative estimate of drug-likeness (QED) is 0.759. The van der Waals surface area contributed by atoms with E-state index in [1.54, 1.807) is 7.11 Å². The lowest BCUT2D eigenvalue weighted by atomic mass is 10.1. The van der Waals surface area contributed by atoms with Gasteiger partial charge in [-0.15, -0.1) is 0 Å². The van der Waals surface area contributed by atoms with Crippen LogP contribution < -0.4 is 10.2 Å². The van der Waals surface area contributed by atoms with Gasteiger partial charge in [-0.05, 0) is 12.8 Å². The fourth-order valence-electron chi connectivity index (χ4n) is 2.52. The van der Waals surface area contributed by atoms with E-state index in [9.17, 15) is 0 Å². The molecule has 5 heteroatoms. The summed E-state index contributed by atoms with van der Waals surface area (Å²) in [4.78, 5) is 2.39. The molecule has 0 aliphatic carbocycles. The summed E-state index contributed by atoms with van der Waals surface area (Å²) >= 11 is 0. The van der Waals surface area contributed by atoms with Crippen LogP contribution in [0.15, 0.2) is 0 Å². The van der Waals surface area contributed by atoms with Crippen molar-refractivity contribution in [3.05, 3.63) is 11.3 Å². The lowest BCUT2D eigenvalue weighted by Crippen LogP contribution is -2.34. The summed E-state index contributed by atoms with van der Waals surface area (Å²) in [6.45, 7) is 14.4. The van der Waals surface area contributed by atoms with E-state index in [1.807, 2.05) is 11.7 Å². The zero-order chi connectivity index (χ0) is 16.0. The van der Waals surface area contributed by atoms with E-state index in [0.717, 1.165) is 31.9 Å². The molecule has 1 heterocycles. The van der Waals surface area contributed by atoms with Crippen molar-refractivity contribution in [1.29, 1.82) is 0 Å². The Morgan fingerprint density at radius 2 is 1.95 bits per heavy atom. The highest BCUT2D eigenvalue weighted by Gasteiger charge is 2.20. The predicted molar refractivity (Wildman–Crippen MR) is 88.8 cm³/mol. The highest BCUT2D eigenvalue weighted by Crippen LogP contribution is 2.24. The highest BCUT2D eigenvalue weighted by atomic mass is 16.5. The first-order chi connectivity index (χ1) is 9.86. The van der Waals surface area contributed by atoms with E-state index in [4.69, 9.17) is 4.74 Å². The second-order valence-corrected chi connectivity index (χ2v) is 6.38. The molecule has 0 bridgehead atoms. The number of ether oxygens (including phenoxy) is 1. The fourth-order valence-corrected chi connectivity index (χ4v) is 2.52. The number of hydrogen-bond acceptors (Lipinski definition) is 4. The topological polar surface area (TPSA) is 42.3 Å². The minimum absolute atomic E-state index is 0.468. The van der Waals surface area contributed by atoms with Gasteiger partial charge in [0.1, 0.15) is 5.82 Å². The van der Waals surface area contributed by atoms with Gasteiger partial charge < -0.3 is 15.0 Å². The Morgan fingerprint density at radius 1 is 1.29 bits per heavy atom. The summed E-state index contributed by atoms with van der Waals surface area (Å²) in [6, 6.07) is 0.468. The Kier molecular flexibility index (Phi) is 7.18. The standard InChI is InChI=1S/C16H32N4O/c1-12(2)11-20(8-9-21-7)16-15(10-17-13(3)4)14(5)18-19(16)6/h12-13,17H,8-11H2,1-7H3. The molecular weight excluding hydrogens is 264 g/mol. The largest absolute Gasteiger partial charge is 0.383 e. The van der Waals surface area contributed by atoms with Gasteiger partial charge in [-0.3, -0.25) is 4.68 Å². The van der Waals surface area contributed by atoms with Crippen LogP contribution in [0.5, 0.6) is 0 Å². The number of rotatable bonds is 9. The molecule has 1 aromatic heterocycles. The summed E-state index contributed by atoms with van der Waals surface area (Å²) in [5, 5.41) is 8.13. The van der Waals surface area contributed by atoms with Crippen LogP contribution in [0.2, 0.25) is 0 Å². The van der Waals surface area contributed by atoms with E-state index in [0.29, 0.717) is 12.0 Å². The maximum atomic E-state index is 5.27. The molecule has 1 N–H and O–H groups in total.